The van der Waals surface area contributed by atoms with E-state index in [0.29, 0.717) is 5.95 Å². The number of nitrogens with one attached hydrogen (secondary N) is 1. The standard InChI is InChI=1S/C15H19N3O/c19-11-15(8-4-1-5-9-15)18-14-16-10-12-6-2-3-7-13(12)17-14/h2-3,6-7,10,19H,1,4-5,8-9,11H2,(H,16,17,18). The number of aliphatic hydroxyl groups is 1. The van der Waals surface area contributed by atoms with Gasteiger partial charge < -0.3 is 10.4 Å². The van der Waals surface area contributed by atoms with Gasteiger partial charge in [-0.3, -0.25) is 0 Å². The molecule has 0 amide bonds. The molecule has 2 aromatic rings. The number of rotatable bonds is 3. The fourth-order valence-electron chi connectivity index (χ4n) is 2.82. The third-order valence-electron chi connectivity index (χ3n) is 3.98. The summed E-state index contributed by atoms with van der Waals surface area (Å²) >= 11 is 0. The van der Waals surface area contributed by atoms with E-state index in [1.54, 1.807) is 0 Å². The summed E-state index contributed by atoms with van der Waals surface area (Å²) < 4.78 is 0. The molecular weight excluding hydrogens is 238 g/mol. The lowest BCUT2D eigenvalue weighted by molar-refractivity contribution is 0.172. The van der Waals surface area contributed by atoms with Crippen molar-refractivity contribution in [3.8, 4) is 0 Å². The van der Waals surface area contributed by atoms with E-state index in [1.165, 1.54) is 6.42 Å². The fraction of sp³-hybridized carbons (Fsp3) is 0.467. The third-order valence-corrected chi connectivity index (χ3v) is 3.98. The Morgan fingerprint density at radius 1 is 1.16 bits per heavy atom. The molecule has 0 aliphatic heterocycles. The first-order chi connectivity index (χ1) is 9.31. The lowest BCUT2D eigenvalue weighted by Crippen LogP contribution is -2.44. The lowest BCUT2D eigenvalue weighted by Gasteiger charge is -2.36. The Kier molecular flexibility index (Phi) is 3.34. The Morgan fingerprint density at radius 3 is 2.74 bits per heavy atom. The van der Waals surface area contributed by atoms with Gasteiger partial charge in [-0.2, -0.15) is 0 Å². The minimum absolute atomic E-state index is 0.142. The van der Waals surface area contributed by atoms with Crippen LogP contribution in [-0.2, 0) is 0 Å². The summed E-state index contributed by atoms with van der Waals surface area (Å²) in [6, 6.07) is 7.94. The SMILES string of the molecule is OCC1(Nc2ncc3ccccc3n2)CCCCC1. The van der Waals surface area contributed by atoms with Crippen LogP contribution < -0.4 is 5.32 Å². The number of para-hydroxylation sites is 1. The summed E-state index contributed by atoms with van der Waals surface area (Å²) in [6.07, 6.45) is 7.36. The highest BCUT2D eigenvalue weighted by Crippen LogP contribution is 2.30. The van der Waals surface area contributed by atoms with Gasteiger partial charge in [-0.25, -0.2) is 9.97 Å². The maximum absolute atomic E-state index is 9.70. The second kappa shape index (κ2) is 5.13. The smallest absolute Gasteiger partial charge is 0.223 e. The molecule has 3 rings (SSSR count). The minimum Gasteiger partial charge on any atom is -0.394 e. The largest absolute Gasteiger partial charge is 0.394 e. The summed E-state index contributed by atoms with van der Waals surface area (Å²) in [5, 5.41) is 14.1. The molecule has 1 aliphatic rings. The Labute approximate surface area is 112 Å². The van der Waals surface area contributed by atoms with Crippen molar-refractivity contribution in [1.82, 2.24) is 9.97 Å². The first-order valence-electron chi connectivity index (χ1n) is 6.92. The predicted molar refractivity (Wildman–Crippen MR) is 76.1 cm³/mol. The quantitative estimate of drug-likeness (QED) is 0.887. The van der Waals surface area contributed by atoms with Crippen LogP contribution in [0, 0.1) is 0 Å². The van der Waals surface area contributed by atoms with E-state index in [0.717, 1.165) is 36.6 Å². The van der Waals surface area contributed by atoms with Crippen molar-refractivity contribution in [2.45, 2.75) is 37.6 Å². The van der Waals surface area contributed by atoms with Gasteiger partial charge in [-0.05, 0) is 18.9 Å². The Hall–Kier alpha value is -1.68. The van der Waals surface area contributed by atoms with Crippen LogP contribution in [0.4, 0.5) is 5.95 Å². The average molecular weight is 257 g/mol. The van der Waals surface area contributed by atoms with Crippen LogP contribution in [0.5, 0.6) is 0 Å². The third kappa shape index (κ3) is 2.54. The Morgan fingerprint density at radius 2 is 1.95 bits per heavy atom. The molecule has 19 heavy (non-hydrogen) atoms. The van der Waals surface area contributed by atoms with Crippen LogP contribution in [0.1, 0.15) is 32.1 Å². The molecule has 1 aromatic carbocycles. The fourth-order valence-corrected chi connectivity index (χ4v) is 2.82. The molecule has 1 aromatic heterocycles. The minimum atomic E-state index is -0.235. The summed E-state index contributed by atoms with van der Waals surface area (Å²) in [5.74, 6) is 0.620. The van der Waals surface area contributed by atoms with E-state index in [4.69, 9.17) is 0 Å². The highest BCUT2D eigenvalue weighted by atomic mass is 16.3. The monoisotopic (exact) mass is 257 g/mol. The topological polar surface area (TPSA) is 58.0 Å². The molecule has 1 fully saturated rings. The number of aromatic nitrogens is 2. The molecule has 1 aliphatic carbocycles. The van der Waals surface area contributed by atoms with Gasteiger partial charge in [-0.1, -0.05) is 37.5 Å². The summed E-state index contributed by atoms with van der Waals surface area (Å²) in [4.78, 5) is 8.89. The van der Waals surface area contributed by atoms with Crippen LogP contribution in [0.2, 0.25) is 0 Å². The molecule has 2 N–H and O–H groups in total. The van der Waals surface area contributed by atoms with Crippen molar-refractivity contribution in [3.05, 3.63) is 30.5 Å². The van der Waals surface area contributed by atoms with Crippen LogP contribution in [0.25, 0.3) is 10.9 Å². The van der Waals surface area contributed by atoms with Crippen LogP contribution in [0.3, 0.4) is 0 Å². The van der Waals surface area contributed by atoms with E-state index < -0.39 is 0 Å². The van der Waals surface area contributed by atoms with Crippen LogP contribution >= 0.6 is 0 Å². The van der Waals surface area contributed by atoms with E-state index in [1.807, 2.05) is 30.5 Å². The second-order valence-electron chi connectivity index (χ2n) is 5.38. The molecule has 100 valence electrons. The number of anilines is 1. The zero-order valence-corrected chi connectivity index (χ0v) is 11.0. The van der Waals surface area contributed by atoms with E-state index in [-0.39, 0.29) is 12.1 Å². The van der Waals surface area contributed by atoms with Crippen LogP contribution in [-0.4, -0.2) is 27.2 Å². The maximum atomic E-state index is 9.70. The van der Waals surface area contributed by atoms with Crippen molar-refractivity contribution in [2.24, 2.45) is 0 Å². The normalized spacial score (nSPS) is 18.4. The zero-order chi connectivity index (χ0) is 13.1. The average Bonchev–Trinajstić information content (AvgIpc) is 2.48. The van der Waals surface area contributed by atoms with Gasteiger partial charge in [0.15, 0.2) is 0 Å². The number of nitrogens with zero attached hydrogens (tertiary/aromatic N) is 2. The number of fused-ring (bicyclic) bond motifs is 1. The number of hydrogen-bond donors (Lipinski definition) is 2. The van der Waals surface area contributed by atoms with Gasteiger partial charge in [0.1, 0.15) is 0 Å². The van der Waals surface area contributed by atoms with Gasteiger partial charge in [0.05, 0.1) is 17.7 Å². The molecule has 0 saturated heterocycles. The van der Waals surface area contributed by atoms with Gasteiger partial charge in [0, 0.05) is 11.6 Å². The zero-order valence-electron chi connectivity index (χ0n) is 11.0. The number of aliphatic hydroxyl groups excluding tert-OH is 1. The number of hydrogen-bond acceptors (Lipinski definition) is 4. The van der Waals surface area contributed by atoms with Gasteiger partial charge in [0.2, 0.25) is 5.95 Å². The Balaban J connectivity index is 1.87. The molecule has 1 saturated carbocycles. The highest BCUT2D eigenvalue weighted by Gasteiger charge is 2.31. The van der Waals surface area contributed by atoms with Gasteiger partial charge in [-0.15, -0.1) is 0 Å². The van der Waals surface area contributed by atoms with Gasteiger partial charge >= 0.3 is 0 Å². The maximum Gasteiger partial charge on any atom is 0.223 e. The van der Waals surface area contributed by atoms with Crippen LogP contribution in [0.15, 0.2) is 30.5 Å². The molecule has 0 radical (unpaired) electrons. The van der Waals surface area contributed by atoms with E-state index in [9.17, 15) is 5.11 Å². The van der Waals surface area contributed by atoms with Gasteiger partial charge in [0.25, 0.3) is 0 Å². The lowest BCUT2D eigenvalue weighted by atomic mass is 9.82. The van der Waals surface area contributed by atoms with E-state index in [2.05, 4.69) is 15.3 Å². The molecule has 0 bridgehead atoms. The van der Waals surface area contributed by atoms with Crippen molar-refractivity contribution in [1.29, 1.82) is 0 Å². The first kappa shape index (κ1) is 12.4. The van der Waals surface area contributed by atoms with Crippen molar-refractivity contribution in [3.63, 3.8) is 0 Å². The molecule has 0 atom stereocenters. The summed E-state index contributed by atoms with van der Waals surface area (Å²) in [7, 11) is 0. The molecule has 4 heteroatoms. The molecule has 1 heterocycles. The molecule has 0 unspecified atom stereocenters. The van der Waals surface area contributed by atoms with Crippen molar-refractivity contribution in [2.75, 3.05) is 11.9 Å². The Bertz CT molecular complexity index is 564. The summed E-state index contributed by atoms with van der Waals surface area (Å²) in [6.45, 7) is 0.142. The second-order valence-corrected chi connectivity index (χ2v) is 5.38. The highest BCUT2D eigenvalue weighted by molar-refractivity contribution is 5.78. The summed E-state index contributed by atoms with van der Waals surface area (Å²) in [5.41, 5.74) is 0.699. The first-order valence-corrected chi connectivity index (χ1v) is 6.92. The molecule has 0 spiro atoms. The number of benzene rings is 1. The molecular formula is C15H19N3O. The van der Waals surface area contributed by atoms with Crippen molar-refractivity contribution < 1.29 is 5.11 Å². The predicted octanol–water partition coefficient (Wildman–Crippen LogP) is 2.74. The molecule has 4 nitrogen and oxygen atoms in total. The van der Waals surface area contributed by atoms with Crippen molar-refractivity contribution >= 4 is 16.9 Å². The van der Waals surface area contributed by atoms with E-state index >= 15 is 0 Å².